The van der Waals surface area contributed by atoms with Gasteiger partial charge in [0.15, 0.2) is 0 Å². The van der Waals surface area contributed by atoms with Crippen LogP contribution in [0.5, 0.6) is 0 Å². The van der Waals surface area contributed by atoms with Crippen LogP contribution in [0, 0.1) is 0 Å². The second-order valence-electron chi connectivity index (χ2n) is 4.10. The Kier molecular flexibility index (Phi) is 2.95. The molecule has 0 aliphatic carbocycles. The Bertz CT molecular complexity index is 613. The molecule has 0 saturated heterocycles. The van der Waals surface area contributed by atoms with Crippen molar-refractivity contribution in [3.8, 4) is 0 Å². The van der Waals surface area contributed by atoms with Crippen LogP contribution < -0.4 is 10.7 Å². The van der Waals surface area contributed by atoms with Crippen molar-refractivity contribution in [3.05, 3.63) is 46.3 Å². The number of carbonyl (C=O) groups is 1. The van der Waals surface area contributed by atoms with Crippen molar-refractivity contribution < 1.29 is 9.21 Å². The highest BCUT2D eigenvalue weighted by atomic mass is 16.3. The van der Waals surface area contributed by atoms with Crippen LogP contribution in [0.3, 0.4) is 0 Å². The molecule has 0 spiro atoms. The van der Waals surface area contributed by atoms with Gasteiger partial charge in [0.1, 0.15) is 17.4 Å². The van der Waals surface area contributed by atoms with Crippen molar-refractivity contribution in [1.82, 2.24) is 5.32 Å². The van der Waals surface area contributed by atoms with Gasteiger partial charge in [-0.3, -0.25) is 9.59 Å². The first-order valence-electron chi connectivity index (χ1n) is 5.41. The van der Waals surface area contributed by atoms with E-state index in [1.54, 1.807) is 24.3 Å². The highest BCUT2D eigenvalue weighted by molar-refractivity contribution is 5.96. The van der Waals surface area contributed by atoms with Gasteiger partial charge in [-0.15, -0.1) is 0 Å². The molecular formula is C13H13NO3. The Labute approximate surface area is 98.3 Å². The number of benzene rings is 1. The van der Waals surface area contributed by atoms with Crippen molar-refractivity contribution in [2.24, 2.45) is 0 Å². The summed E-state index contributed by atoms with van der Waals surface area (Å²) in [7, 11) is 0. The molecule has 4 heteroatoms. The summed E-state index contributed by atoms with van der Waals surface area (Å²) in [5.41, 5.74) is 0.223. The lowest BCUT2D eigenvalue weighted by molar-refractivity contribution is 0.0940. The third kappa shape index (κ3) is 2.20. The van der Waals surface area contributed by atoms with Crippen molar-refractivity contribution in [2.45, 2.75) is 19.9 Å². The molecule has 4 nitrogen and oxygen atoms in total. The molecule has 0 aliphatic rings. The van der Waals surface area contributed by atoms with E-state index in [1.165, 1.54) is 6.26 Å². The normalized spacial score (nSPS) is 10.8. The summed E-state index contributed by atoms with van der Waals surface area (Å²) in [5.74, 6) is -0.403. The molecule has 1 aromatic carbocycles. The van der Waals surface area contributed by atoms with E-state index >= 15 is 0 Å². The predicted octanol–water partition coefficient (Wildman–Crippen LogP) is 1.93. The number of rotatable bonds is 2. The highest BCUT2D eigenvalue weighted by Gasteiger charge is 2.14. The average Bonchev–Trinajstić information content (AvgIpc) is 2.28. The van der Waals surface area contributed by atoms with Crippen LogP contribution >= 0.6 is 0 Å². The van der Waals surface area contributed by atoms with Gasteiger partial charge in [0.25, 0.3) is 5.91 Å². The largest absolute Gasteiger partial charge is 0.463 e. The molecule has 88 valence electrons. The number of amides is 1. The van der Waals surface area contributed by atoms with Crippen LogP contribution in [0.2, 0.25) is 0 Å². The van der Waals surface area contributed by atoms with Gasteiger partial charge in [-0.25, -0.2) is 0 Å². The average molecular weight is 231 g/mol. The number of nitrogens with one attached hydrogen (secondary N) is 1. The first-order chi connectivity index (χ1) is 8.09. The molecule has 1 amide bonds. The summed E-state index contributed by atoms with van der Waals surface area (Å²) in [6, 6.07) is 6.84. The summed E-state index contributed by atoms with van der Waals surface area (Å²) in [6.07, 6.45) is 1.21. The van der Waals surface area contributed by atoms with Gasteiger partial charge >= 0.3 is 0 Å². The van der Waals surface area contributed by atoms with Gasteiger partial charge in [-0.1, -0.05) is 12.1 Å². The maximum absolute atomic E-state index is 12.0. The Balaban J connectivity index is 2.53. The van der Waals surface area contributed by atoms with Gasteiger partial charge in [0.05, 0.1) is 5.39 Å². The SMILES string of the molecule is CC(C)NC(=O)c1coc2ccccc2c1=O. The van der Waals surface area contributed by atoms with Crippen LogP contribution in [0.1, 0.15) is 24.2 Å². The van der Waals surface area contributed by atoms with E-state index < -0.39 is 5.91 Å². The lowest BCUT2D eigenvalue weighted by atomic mass is 10.1. The molecule has 0 atom stereocenters. The van der Waals surface area contributed by atoms with Crippen LogP contribution in [0.25, 0.3) is 11.0 Å². The van der Waals surface area contributed by atoms with E-state index in [1.807, 2.05) is 13.8 Å². The topological polar surface area (TPSA) is 59.3 Å². The third-order valence-electron chi connectivity index (χ3n) is 2.34. The monoisotopic (exact) mass is 231 g/mol. The van der Waals surface area contributed by atoms with Crippen molar-refractivity contribution in [1.29, 1.82) is 0 Å². The third-order valence-corrected chi connectivity index (χ3v) is 2.34. The minimum Gasteiger partial charge on any atom is -0.463 e. The predicted molar refractivity (Wildman–Crippen MR) is 65.1 cm³/mol. The van der Waals surface area contributed by atoms with Gasteiger partial charge in [0, 0.05) is 6.04 Å². The lowest BCUT2D eigenvalue weighted by Crippen LogP contribution is -2.33. The molecule has 0 saturated carbocycles. The van der Waals surface area contributed by atoms with Crippen molar-refractivity contribution >= 4 is 16.9 Å². The van der Waals surface area contributed by atoms with Crippen LogP contribution in [0.4, 0.5) is 0 Å². The van der Waals surface area contributed by atoms with Gasteiger partial charge in [0.2, 0.25) is 5.43 Å². The molecule has 2 aromatic rings. The molecule has 17 heavy (non-hydrogen) atoms. The summed E-state index contributed by atoms with van der Waals surface area (Å²) >= 11 is 0. The molecule has 0 unspecified atom stereocenters. The maximum atomic E-state index is 12.0. The van der Waals surface area contributed by atoms with Gasteiger partial charge in [-0.2, -0.15) is 0 Å². The maximum Gasteiger partial charge on any atom is 0.258 e. The number of fused-ring (bicyclic) bond motifs is 1. The van der Waals surface area contributed by atoms with Gasteiger partial charge in [-0.05, 0) is 26.0 Å². The molecule has 0 fully saturated rings. The second kappa shape index (κ2) is 4.41. The Morgan fingerprint density at radius 1 is 1.29 bits per heavy atom. The second-order valence-corrected chi connectivity index (χ2v) is 4.10. The Hall–Kier alpha value is -2.10. The molecule has 0 bridgehead atoms. The minimum atomic E-state index is -0.403. The molecule has 1 heterocycles. The van der Waals surface area contributed by atoms with Crippen LogP contribution in [-0.4, -0.2) is 11.9 Å². The van der Waals surface area contributed by atoms with Crippen LogP contribution in [0.15, 0.2) is 39.7 Å². The van der Waals surface area contributed by atoms with E-state index in [-0.39, 0.29) is 17.0 Å². The lowest BCUT2D eigenvalue weighted by Gasteiger charge is -2.07. The van der Waals surface area contributed by atoms with E-state index in [9.17, 15) is 9.59 Å². The molecule has 1 N–H and O–H groups in total. The standard InChI is InChI=1S/C13H13NO3/c1-8(2)14-13(16)10-7-17-11-6-4-3-5-9(11)12(10)15/h3-8H,1-2H3,(H,14,16). The summed E-state index contributed by atoms with van der Waals surface area (Å²) in [4.78, 5) is 23.8. The number of hydrogen-bond donors (Lipinski definition) is 1. The molecule has 2 rings (SSSR count). The van der Waals surface area contributed by atoms with E-state index in [0.717, 1.165) is 0 Å². The molecular weight excluding hydrogens is 218 g/mol. The first-order valence-corrected chi connectivity index (χ1v) is 5.41. The quantitative estimate of drug-likeness (QED) is 0.859. The Morgan fingerprint density at radius 3 is 2.71 bits per heavy atom. The molecule has 1 aromatic heterocycles. The number of carbonyl (C=O) groups excluding carboxylic acids is 1. The zero-order valence-corrected chi connectivity index (χ0v) is 9.69. The van der Waals surface area contributed by atoms with E-state index in [4.69, 9.17) is 4.42 Å². The zero-order chi connectivity index (χ0) is 12.4. The highest BCUT2D eigenvalue weighted by Crippen LogP contribution is 2.10. The summed E-state index contributed by atoms with van der Waals surface area (Å²) in [5, 5.41) is 3.09. The number of hydrogen-bond acceptors (Lipinski definition) is 3. The van der Waals surface area contributed by atoms with Crippen LogP contribution in [-0.2, 0) is 0 Å². The first kappa shape index (κ1) is 11.4. The fourth-order valence-corrected chi connectivity index (χ4v) is 1.57. The summed E-state index contributed by atoms with van der Waals surface area (Å²) in [6.45, 7) is 3.67. The van der Waals surface area contributed by atoms with Crippen molar-refractivity contribution in [2.75, 3.05) is 0 Å². The smallest absolute Gasteiger partial charge is 0.258 e. The van der Waals surface area contributed by atoms with Crippen molar-refractivity contribution in [3.63, 3.8) is 0 Å². The molecule has 0 aliphatic heterocycles. The van der Waals surface area contributed by atoms with E-state index in [0.29, 0.717) is 11.0 Å². The van der Waals surface area contributed by atoms with Gasteiger partial charge < -0.3 is 9.73 Å². The fourth-order valence-electron chi connectivity index (χ4n) is 1.57. The summed E-state index contributed by atoms with van der Waals surface area (Å²) < 4.78 is 5.27. The zero-order valence-electron chi connectivity index (χ0n) is 9.69. The fraction of sp³-hybridized carbons (Fsp3) is 0.231. The number of para-hydroxylation sites is 1. The Morgan fingerprint density at radius 2 is 2.00 bits per heavy atom. The minimum absolute atomic E-state index is 0.0200. The molecule has 0 radical (unpaired) electrons. The van der Waals surface area contributed by atoms with E-state index in [2.05, 4.69) is 5.32 Å².